The van der Waals surface area contributed by atoms with E-state index in [0.717, 1.165) is 71.9 Å². The van der Waals surface area contributed by atoms with Gasteiger partial charge in [-0.25, -0.2) is 5.48 Å². The van der Waals surface area contributed by atoms with E-state index in [4.69, 9.17) is 14.7 Å². The van der Waals surface area contributed by atoms with E-state index in [1.54, 1.807) is 5.48 Å². The number of benzene rings is 3. The Bertz CT molecular complexity index is 1790. The summed E-state index contributed by atoms with van der Waals surface area (Å²) in [5, 5.41) is 24.7. The van der Waals surface area contributed by atoms with Crippen LogP contribution < -0.4 is 16.1 Å². The van der Waals surface area contributed by atoms with E-state index >= 15 is 0 Å². The summed E-state index contributed by atoms with van der Waals surface area (Å²) in [5.41, 5.74) is 7.20. The number of aliphatic hydroxyl groups is 1. The molecule has 11 heteroatoms. The lowest BCUT2D eigenvalue weighted by molar-refractivity contribution is -0.255. The molecule has 0 spiro atoms. The highest BCUT2D eigenvalue weighted by Gasteiger charge is 2.44. The molecule has 0 unspecified atom stereocenters. The monoisotopic (exact) mass is 796 g/mol. The van der Waals surface area contributed by atoms with E-state index in [0.29, 0.717) is 44.3 Å². The molecule has 0 bridgehead atoms. The number of carbonyl (C=O) groups is 3. The number of nitrogens with one attached hydrogen (secondary N) is 3. The fourth-order valence-electron chi connectivity index (χ4n) is 9.03. The van der Waals surface area contributed by atoms with Crippen LogP contribution in [0.2, 0.25) is 0 Å². The third kappa shape index (κ3) is 12.0. The summed E-state index contributed by atoms with van der Waals surface area (Å²) < 4.78 is 13.6. The van der Waals surface area contributed by atoms with Gasteiger partial charge in [0.25, 0.3) is 0 Å². The molecule has 3 aliphatic rings. The van der Waals surface area contributed by atoms with Crippen molar-refractivity contribution in [2.24, 2.45) is 5.92 Å². The van der Waals surface area contributed by atoms with E-state index in [1.807, 2.05) is 63.2 Å². The summed E-state index contributed by atoms with van der Waals surface area (Å²) in [6.45, 7) is 7.17. The molecule has 6 rings (SSSR count). The first-order chi connectivity index (χ1) is 28.0. The van der Waals surface area contributed by atoms with Gasteiger partial charge in [0.2, 0.25) is 17.7 Å². The number of rotatable bonds is 16. The second-order valence-electron chi connectivity index (χ2n) is 17.5. The van der Waals surface area contributed by atoms with E-state index < -0.39 is 6.29 Å². The number of fused-ring (bicyclic) bond motifs is 1. The smallest absolute Gasteiger partial charge is 0.243 e. The maximum absolute atomic E-state index is 13.8. The van der Waals surface area contributed by atoms with Crippen LogP contribution in [0.25, 0.3) is 11.1 Å². The Labute approximate surface area is 344 Å². The molecule has 6 atom stereocenters. The lowest BCUT2D eigenvalue weighted by atomic mass is 9.75. The zero-order valence-electron chi connectivity index (χ0n) is 34.6. The van der Waals surface area contributed by atoms with Crippen molar-refractivity contribution in [3.8, 4) is 11.1 Å². The highest BCUT2D eigenvalue weighted by Crippen LogP contribution is 2.42. The predicted octanol–water partition coefficient (Wildman–Crippen LogP) is 7.79. The van der Waals surface area contributed by atoms with Crippen LogP contribution in [-0.4, -0.2) is 63.2 Å². The zero-order chi connectivity index (χ0) is 41.1. The highest BCUT2D eigenvalue weighted by molar-refractivity contribution is 5.82. The lowest BCUT2D eigenvalue weighted by Gasteiger charge is -2.50. The molecule has 3 amide bonds. The molecule has 11 nitrogen and oxygen atoms in total. The SMILES string of the molecule is CC(C)(C)NC(=O)[C@H]1CC[C@H]2CCCC[C@H]2N1C[C@H]1C[C@@H](c2ccc(CO)cc2)O[C@@H](c2ccc(-c3ccccc3CNC(=O)CCCCCCC(=O)NO)cc2)O1. The molecule has 3 aromatic rings. The van der Waals surface area contributed by atoms with E-state index in [-0.39, 0.29) is 54.5 Å². The van der Waals surface area contributed by atoms with Crippen LogP contribution >= 0.6 is 0 Å². The number of unbranched alkanes of at least 4 members (excludes halogenated alkanes) is 3. The molecule has 3 aromatic carbocycles. The van der Waals surface area contributed by atoms with E-state index in [1.165, 1.54) is 19.3 Å². The van der Waals surface area contributed by atoms with Gasteiger partial charge >= 0.3 is 0 Å². The molecule has 1 saturated carbocycles. The third-order valence-electron chi connectivity index (χ3n) is 12.0. The van der Waals surface area contributed by atoms with Gasteiger partial charge < -0.3 is 25.2 Å². The molecule has 5 N–H and O–H groups in total. The van der Waals surface area contributed by atoms with Crippen LogP contribution in [0.1, 0.15) is 139 Å². The van der Waals surface area contributed by atoms with Crippen LogP contribution in [-0.2, 0) is 37.0 Å². The number of hydrogen-bond acceptors (Lipinski definition) is 8. The molecule has 58 heavy (non-hydrogen) atoms. The molecule has 0 radical (unpaired) electrons. The van der Waals surface area contributed by atoms with Gasteiger partial charge in [0.1, 0.15) is 0 Å². The Balaban J connectivity index is 1.16. The number of piperidine rings is 1. The van der Waals surface area contributed by atoms with Crippen LogP contribution in [0, 0.1) is 5.92 Å². The normalized spacial score (nSPS) is 23.7. The van der Waals surface area contributed by atoms with Gasteiger partial charge in [0.05, 0.1) is 24.9 Å². The largest absolute Gasteiger partial charge is 0.392 e. The molecule has 0 aromatic heterocycles. The Morgan fingerprint density at radius 2 is 1.48 bits per heavy atom. The maximum atomic E-state index is 13.8. The lowest BCUT2D eigenvalue weighted by Crippen LogP contribution is -2.61. The van der Waals surface area contributed by atoms with Crippen molar-refractivity contribution in [3.63, 3.8) is 0 Å². The number of carbonyl (C=O) groups excluding carboxylic acids is 3. The van der Waals surface area contributed by atoms with Gasteiger partial charge in [-0.3, -0.25) is 24.5 Å². The third-order valence-corrected chi connectivity index (χ3v) is 12.0. The van der Waals surface area contributed by atoms with E-state index in [2.05, 4.69) is 45.9 Å². The van der Waals surface area contributed by atoms with Crippen molar-refractivity contribution in [1.82, 2.24) is 21.0 Å². The van der Waals surface area contributed by atoms with Crippen LogP contribution in [0.4, 0.5) is 0 Å². The molecule has 2 aliphatic heterocycles. The first-order valence-electron chi connectivity index (χ1n) is 21.5. The Hall–Kier alpha value is -4.13. The average Bonchev–Trinajstić information content (AvgIpc) is 3.23. The van der Waals surface area contributed by atoms with Crippen LogP contribution in [0.3, 0.4) is 0 Å². The molecule has 1 aliphatic carbocycles. The summed E-state index contributed by atoms with van der Waals surface area (Å²) in [7, 11) is 0. The zero-order valence-corrected chi connectivity index (χ0v) is 34.6. The van der Waals surface area contributed by atoms with Gasteiger partial charge in [-0.05, 0) is 93.0 Å². The van der Waals surface area contributed by atoms with Gasteiger partial charge in [0.15, 0.2) is 6.29 Å². The summed E-state index contributed by atoms with van der Waals surface area (Å²) in [5.74, 6) is 0.304. The minimum atomic E-state index is -0.620. The topological polar surface area (TPSA) is 149 Å². The minimum Gasteiger partial charge on any atom is -0.392 e. The first kappa shape index (κ1) is 43.4. The molecular formula is C47H64N4O7. The second-order valence-corrected chi connectivity index (χ2v) is 17.5. The first-order valence-corrected chi connectivity index (χ1v) is 21.5. The number of nitrogens with zero attached hydrogens (tertiary/aromatic N) is 1. The quantitative estimate of drug-likeness (QED) is 0.0561. The number of likely N-dealkylation sites (tertiary alicyclic amines) is 1. The molecule has 2 heterocycles. The van der Waals surface area contributed by atoms with Crippen molar-refractivity contribution in [2.45, 2.75) is 154 Å². The van der Waals surface area contributed by atoms with Crippen LogP contribution in [0.15, 0.2) is 72.8 Å². The molecule has 2 saturated heterocycles. The summed E-state index contributed by atoms with van der Waals surface area (Å²) in [6.07, 6.45) is 10.1. The van der Waals surface area contributed by atoms with Crippen molar-refractivity contribution in [1.29, 1.82) is 0 Å². The number of amides is 3. The van der Waals surface area contributed by atoms with Gasteiger partial charge in [-0.15, -0.1) is 0 Å². The van der Waals surface area contributed by atoms with Crippen molar-refractivity contribution in [2.75, 3.05) is 6.54 Å². The summed E-state index contributed by atoms with van der Waals surface area (Å²) in [6, 6.07) is 24.5. The highest BCUT2D eigenvalue weighted by atomic mass is 16.7. The Kier molecular flexibility index (Phi) is 15.5. The number of hydroxylamine groups is 1. The predicted molar refractivity (Wildman–Crippen MR) is 223 cm³/mol. The Morgan fingerprint density at radius 3 is 2.19 bits per heavy atom. The van der Waals surface area contributed by atoms with Gasteiger partial charge in [-0.1, -0.05) is 98.5 Å². The average molecular weight is 797 g/mol. The Morgan fingerprint density at radius 1 is 0.793 bits per heavy atom. The summed E-state index contributed by atoms with van der Waals surface area (Å²) in [4.78, 5) is 40.2. The maximum Gasteiger partial charge on any atom is 0.243 e. The number of ether oxygens (including phenoxy) is 2. The van der Waals surface area contributed by atoms with E-state index in [9.17, 15) is 19.5 Å². The van der Waals surface area contributed by atoms with Crippen molar-refractivity contribution in [3.05, 3.63) is 95.1 Å². The van der Waals surface area contributed by atoms with Crippen LogP contribution in [0.5, 0.6) is 0 Å². The second kappa shape index (κ2) is 20.7. The van der Waals surface area contributed by atoms with Crippen molar-refractivity contribution < 1.29 is 34.2 Å². The number of aliphatic hydroxyl groups excluding tert-OH is 1. The molecule has 3 fully saturated rings. The van der Waals surface area contributed by atoms with Crippen molar-refractivity contribution >= 4 is 17.7 Å². The standard InChI is InChI=1S/C47H64N4O7/c1-47(2,3)49-45(55)41-27-26-34-12-9-11-15-40(34)51(41)30-38-28-42(35-20-18-32(31-52)19-21-35)58-46(57-38)36-24-22-33(23-25-36)39-14-10-8-13-37(39)29-48-43(53)16-6-4-5-7-17-44(54)50-56/h8,10,13-14,18-25,34,38,40-42,46,52,56H,4-7,9,11-12,15-17,26-31H2,1-3H3,(H,48,53)(H,49,55)(H,50,54)/t34-,38-,40-,41-,42+,46+/m1/s1. The fraction of sp³-hybridized carbons (Fsp3) is 0.553. The number of hydrogen-bond donors (Lipinski definition) is 5. The van der Waals surface area contributed by atoms with Gasteiger partial charge in [0, 0.05) is 49.5 Å². The molecular weight excluding hydrogens is 733 g/mol. The van der Waals surface area contributed by atoms with Gasteiger partial charge in [-0.2, -0.15) is 0 Å². The summed E-state index contributed by atoms with van der Waals surface area (Å²) >= 11 is 0. The minimum absolute atomic E-state index is 0.00956. The molecule has 314 valence electrons. The fourth-order valence-corrected chi connectivity index (χ4v) is 9.03.